The molecule has 1 heterocycles. The van der Waals surface area contributed by atoms with E-state index >= 15 is 0 Å². The molecule has 2 rings (SSSR count). The zero-order valence-corrected chi connectivity index (χ0v) is 7.57. The van der Waals surface area contributed by atoms with E-state index < -0.39 is 0 Å². The van der Waals surface area contributed by atoms with Crippen molar-refractivity contribution in [2.45, 2.75) is 58.8 Å². The van der Waals surface area contributed by atoms with Gasteiger partial charge in [0.1, 0.15) is 0 Å². The van der Waals surface area contributed by atoms with E-state index in [2.05, 4.69) is 5.32 Å². The van der Waals surface area contributed by atoms with Gasteiger partial charge in [0.25, 0.3) is 0 Å². The van der Waals surface area contributed by atoms with E-state index in [1.807, 2.05) is 0 Å². The van der Waals surface area contributed by atoms with Crippen molar-refractivity contribution in [3.63, 3.8) is 0 Å². The quantitative estimate of drug-likeness (QED) is 0.589. The van der Waals surface area contributed by atoms with Crippen molar-refractivity contribution in [2.24, 2.45) is 0 Å². The molecule has 0 aromatic carbocycles. The standard InChI is InChI=1S/C6H12.C4H9N.CH4/c1-2-4-6-5-3-1;1-2-4-5-3-1;/h1-6H2;5H,1-4H2;1H4. The van der Waals surface area contributed by atoms with Gasteiger partial charge >= 0.3 is 0 Å². The van der Waals surface area contributed by atoms with Crippen LogP contribution in [0.15, 0.2) is 0 Å². The fourth-order valence-corrected chi connectivity index (χ4v) is 1.69. The van der Waals surface area contributed by atoms with Crippen molar-refractivity contribution >= 4 is 0 Å². The van der Waals surface area contributed by atoms with Crippen LogP contribution in [0.1, 0.15) is 58.8 Å². The van der Waals surface area contributed by atoms with Crippen LogP contribution < -0.4 is 5.32 Å². The third kappa shape index (κ3) is 6.66. The van der Waals surface area contributed by atoms with Crippen LogP contribution in [-0.2, 0) is 0 Å². The van der Waals surface area contributed by atoms with Gasteiger partial charge in [-0.3, -0.25) is 0 Å². The topological polar surface area (TPSA) is 12.0 Å². The zero-order chi connectivity index (χ0) is 7.78. The Bertz CT molecular complexity index is 54.0. The molecule has 1 saturated heterocycles. The average molecular weight is 171 g/mol. The minimum absolute atomic E-state index is 0. The third-order valence-electron chi connectivity index (χ3n) is 2.46. The first-order valence-corrected chi connectivity index (χ1v) is 5.21. The molecule has 1 aliphatic heterocycles. The average Bonchev–Trinajstić information content (AvgIpc) is 2.64. The van der Waals surface area contributed by atoms with Crippen molar-refractivity contribution in [1.29, 1.82) is 0 Å². The lowest BCUT2D eigenvalue weighted by atomic mass is 10.0. The molecule has 1 nitrogen and oxygen atoms in total. The molecule has 0 unspecified atom stereocenters. The first-order valence-electron chi connectivity index (χ1n) is 5.21. The van der Waals surface area contributed by atoms with Crippen molar-refractivity contribution < 1.29 is 0 Å². The molecule has 74 valence electrons. The molecule has 1 aliphatic carbocycles. The van der Waals surface area contributed by atoms with Crippen LogP contribution in [0.3, 0.4) is 0 Å². The second-order valence-corrected chi connectivity index (χ2v) is 3.58. The maximum absolute atomic E-state index is 3.22. The summed E-state index contributed by atoms with van der Waals surface area (Å²) in [6.07, 6.45) is 11.8. The number of nitrogens with one attached hydrogen (secondary N) is 1. The molecule has 0 amide bonds. The van der Waals surface area contributed by atoms with Crippen molar-refractivity contribution in [3.8, 4) is 0 Å². The summed E-state index contributed by atoms with van der Waals surface area (Å²) in [6, 6.07) is 0. The summed E-state index contributed by atoms with van der Waals surface area (Å²) in [5.74, 6) is 0. The van der Waals surface area contributed by atoms with Gasteiger partial charge in [-0.1, -0.05) is 46.0 Å². The van der Waals surface area contributed by atoms with Crippen LogP contribution >= 0.6 is 0 Å². The minimum atomic E-state index is 0. The fraction of sp³-hybridized carbons (Fsp3) is 1.00. The molecule has 12 heavy (non-hydrogen) atoms. The van der Waals surface area contributed by atoms with E-state index in [0.717, 1.165) is 0 Å². The number of rotatable bonds is 0. The summed E-state index contributed by atoms with van der Waals surface area (Å²) in [4.78, 5) is 0. The second-order valence-electron chi connectivity index (χ2n) is 3.58. The highest BCUT2D eigenvalue weighted by Gasteiger charge is 1.95. The van der Waals surface area contributed by atoms with Crippen molar-refractivity contribution in [2.75, 3.05) is 13.1 Å². The molecule has 1 heteroatoms. The molecule has 0 spiro atoms. The van der Waals surface area contributed by atoms with Crippen LogP contribution in [0.25, 0.3) is 0 Å². The Kier molecular flexibility index (Phi) is 9.02. The predicted octanol–water partition coefficient (Wildman–Crippen LogP) is 3.35. The van der Waals surface area contributed by atoms with Crippen LogP contribution in [0.4, 0.5) is 0 Å². The molecule has 0 atom stereocenters. The van der Waals surface area contributed by atoms with E-state index in [0.29, 0.717) is 0 Å². The molecule has 2 aliphatic rings. The SMILES string of the molecule is C.C1CCCCC1.C1CCNC1. The number of hydrogen-bond donors (Lipinski definition) is 1. The first-order chi connectivity index (χ1) is 5.50. The minimum Gasteiger partial charge on any atom is -0.317 e. The van der Waals surface area contributed by atoms with Gasteiger partial charge in [0.05, 0.1) is 0 Å². The molecule has 2 fully saturated rings. The highest BCUT2D eigenvalue weighted by atomic mass is 14.9. The summed E-state index contributed by atoms with van der Waals surface area (Å²) in [5.41, 5.74) is 0. The maximum atomic E-state index is 3.22. The molecule has 1 N–H and O–H groups in total. The van der Waals surface area contributed by atoms with E-state index in [1.54, 1.807) is 0 Å². The largest absolute Gasteiger partial charge is 0.317 e. The van der Waals surface area contributed by atoms with E-state index in [9.17, 15) is 0 Å². The van der Waals surface area contributed by atoms with Gasteiger partial charge in [-0.25, -0.2) is 0 Å². The van der Waals surface area contributed by atoms with Crippen LogP contribution in [0, 0.1) is 0 Å². The molecule has 0 bridgehead atoms. The Balaban J connectivity index is 0.000000189. The maximum Gasteiger partial charge on any atom is -0.00484 e. The Labute approximate surface area is 77.9 Å². The monoisotopic (exact) mass is 171 g/mol. The Morgan fingerprint density at radius 1 is 0.500 bits per heavy atom. The van der Waals surface area contributed by atoms with Gasteiger partial charge in [-0.05, 0) is 25.9 Å². The first kappa shape index (κ1) is 12.0. The number of hydrogen-bond acceptors (Lipinski definition) is 1. The molecule has 0 radical (unpaired) electrons. The summed E-state index contributed by atoms with van der Waals surface area (Å²) < 4.78 is 0. The third-order valence-corrected chi connectivity index (χ3v) is 2.46. The molecule has 0 aromatic heterocycles. The van der Waals surface area contributed by atoms with E-state index in [1.165, 1.54) is 64.5 Å². The van der Waals surface area contributed by atoms with Crippen molar-refractivity contribution in [1.82, 2.24) is 5.32 Å². The van der Waals surface area contributed by atoms with Gasteiger partial charge in [0, 0.05) is 0 Å². The van der Waals surface area contributed by atoms with Gasteiger partial charge in [-0.2, -0.15) is 0 Å². The van der Waals surface area contributed by atoms with Crippen LogP contribution in [0.2, 0.25) is 0 Å². The highest BCUT2D eigenvalue weighted by Crippen LogP contribution is 2.15. The lowest BCUT2D eigenvalue weighted by Crippen LogP contribution is -2.03. The highest BCUT2D eigenvalue weighted by molar-refractivity contribution is 4.55. The Hall–Kier alpha value is -0.0400. The van der Waals surface area contributed by atoms with Crippen LogP contribution in [0.5, 0.6) is 0 Å². The van der Waals surface area contributed by atoms with Crippen molar-refractivity contribution in [3.05, 3.63) is 0 Å². The van der Waals surface area contributed by atoms with Crippen LogP contribution in [-0.4, -0.2) is 13.1 Å². The Morgan fingerprint density at radius 3 is 1.00 bits per heavy atom. The summed E-state index contributed by atoms with van der Waals surface area (Å²) in [5, 5.41) is 3.22. The fourth-order valence-electron chi connectivity index (χ4n) is 1.69. The molecule has 0 aromatic rings. The lowest BCUT2D eigenvalue weighted by molar-refractivity contribution is 0.504. The predicted molar refractivity (Wildman–Crippen MR) is 56.5 cm³/mol. The van der Waals surface area contributed by atoms with Gasteiger partial charge in [0.2, 0.25) is 0 Å². The molecular weight excluding hydrogens is 146 g/mol. The Morgan fingerprint density at radius 2 is 0.833 bits per heavy atom. The lowest BCUT2D eigenvalue weighted by Gasteiger charge is -2.05. The second kappa shape index (κ2) is 9.05. The van der Waals surface area contributed by atoms with E-state index in [-0.39, 0.29) is 7.43 Å². The summed E-state index contributed by atoms with van der Waals surface area (Å²) in [7, 11) is 0. The van der Waals surface area contributed by atoms with Gasteiger partial charge in [-0.15, -0.1) is 0 Å². The van der Waals surface area contributed by atoms with E-state index in [4.69, 9.17) is 0 Å². The smallest absolute Gasteiger partial charge is 0.00484 e. The molecular formula is C11H25N. The van der Waals surface area contributed by atoms with Gasteiger partial charge < -0.3 is 5.32 Å². The molecule has 1 saturated carbocycles. The van der Waals surface area contributed by atoms with Gasteiger partial charge in [0.15, 0.2) is 0 Å². The summed E-state index contributed by atoms with van der Waals surface area (Å²) >= 11 is 0. The zero-order valence-electron chi connectivity index (χ0n) is 7.57. The normalized spacial score (nSPS) is 22.0. The summed E-state index contributed by atoms with van der Waals surface area (Å²) in [6.45, 7) is 2.50.